The summed E-state index contributed by atoms with van der Waals surface area (Å²) in [4.78, 5) is 8.63. The standard InChI is InChI=1S/C19H15FN4O2S/c1-13-3-4-14(18-12-24-10-2-9-21-19(24)22-18)11-17(13)23-27(25,26)16-7-5-15(20)6-8-16/h2-12,23H,1H3. The zero-order chi connectivity index (χ0) is 19.0. The molecule has 4 rings (SSSR count). The van der Waals surface area contributed by atoms with E-state index < -0.39 is 15.8 Å². The van der Waals surface area contributed by atoms with Crippen LogP contribution in [0.5, 0.6) is 0 Å². The number of benzene rings is 2. The number of aryl methyl sites for hydroxylation is 1. The first-order valence-corrected chi connectivity index (χ1v) is 9.60. The van der Waals surface area contributed by atoms with Crippen LogP contribution in [0.3, 0.4) is 0 Å². The maximum atomic E-state index is 13.1. The van der Waals surface area contributed by atoms with Crippen LogP contribution in [0.15, 0.2) is 72.0 Å². The number of anilines is 1. The second kappa shape index (κ2) is 6.48. The second-order valence-corrected chi connectivity index (χ2v) is 7.72. The number of nitrogens with zero attached hydrogens (tertiary/aromatic N) is 3. The molecule has 0 amide bonds. The first kappa shape index (κ1) is 17.2. The maximum absolute atomic E-state index is 13.1. The van der Waals surface area contributed by atoms with E-state index >= 15 is 0 Å². The van der Waals surface area contributed by atoms with E-state index in [1.54, 1.807) is 29.7 Å². The Labute approximate surface area is 155 Å². The summed E-state index contributed by atoms with van der Waals surface area (Å²) in [6.07, 6.45) is 5.32. The van der Waals surface area contributed by atoms with Crippen molar-refractivity contribution in [3.63, 3.8) is 0 Å². The molecule has 0 radical (unpaired) electrons. The highest BCUT2D eigenvalue weighted by Gasteiger charge is 2.16. The van der Waals surface area contributed by atoms with Crippen molar-refractivity contribution in [2.75, 3.05) is 4.72 Å². The Morgan fingerprint density at radius 2 is 1.89 bits per heavy atom. The van der Waals surface area contributed by atoms with Gasteiger partial charge in [-0.05, 0) is 48.9 Å². The number of aromatic nitrogens is 3. The van der Waals surface area contributed by atoms with E-state index in [4.69, 9.17) is 0 Å². The van der Waals surface area contributed by atoms with Crippen LogP contribution in [0, 0.1) is 12.7 Å². The normalized spacial score (nSPS) is 11.6. The molecule has 2 heterocycles. The molecule has 0 atom stereocenters. The van der Waals surface area contributed by atoms with Gasteiger partial charge in [0.1, 0.15) is 5.82 Å². The molecule has 0 saturated heterocycles. The van der Waals surface area contributed by atoms with E-state index in [0.717, 1.165) is 23.3 Å². The van der Waals surface area contributed by atoms with Crippen molar-refractivity contribution in [1.82, 2.24) is 14.4 Å². The van der Waals surface area contributed by atoms with Crippen LogP contribution in [-0.2, 0) is 10.0 Å². The fourth-order valence-corrected chi connectivity index (χ4v) is 3.80. The predicted molar refractivity (Wildman–Crippen MR) is 100 cm³/mol. The molecule has 2 aromatic heterocycles. The van der Waals surface area contributed by atoms with Crippen LogP contribution >= 0.6 is 0 Å². The fourth-order valence-electron chi connectivity index (χ4n) is 2.68. The Morgan fingerprint density at radius 3 is 2.63 bits per heavy atom. The minimum absolute atomic E-state index is 0.00867. The summed E-state index contributed by atoms with van der Waals surface area (Å²) in [5, 5.41) is 0. The second-order valence-electron chi connectivity index (χ2n) is 6.04. The Kier molecular flexibility index (Phi) is 4.12. The van der Waals surface area contributed by atoms with Gasteiger partial charge in [0, 0.05) is 24.2 Å². The van der Waals surface area contributed by atoms with Gasteiger partial charge in [0.25, 0.3) is 10.0 Å². The molecule has 0 bridgehead atoms. The van der Waals surface area contributed by atoms with Crippen molar-refractivity contribution in [3.05, 3.63) is 78.5 Å². The highest BCUT2D eigenvalue weighted by molar-refractivity contribution is 7.92. The Bertz CT molecular complexity index is 1200. The van der Waals surface area contributed by atoms with Gasteiger partial charge < -0.3 is 0 Å². The summed E-state index contributed by atoms with van der Waals surface area (Å²) in [5.41, 5.74) is 2.62. The molecule has 1 N–H and O–H groups in total. The lowest BCUT2D eigenvalue weighted by Gasteiger charge is -2.12. The molecule has 0 saturated carbocycles. The molecule has 4 aromatic rings. The third-order valence-electron chi connectivity index (χ3n) is 4.14. The lowest BCUT2D eigenvalue weighted by molar-refractivity contribution is 0.599. The van der Waals surface area contributed by atoms with Gasteiger partial charge in [-0.2, -0.15) is 0 Å². The molecule has 0 aliphatic rings. The van der Waals surface area contributed by atoms with Crippen molar-refractivity contribution in [2.24, 2.45) is 0 Å². The Hall–Kier alpha value is -3.26. The number of halogens is 1. The van der Waals surface area contributed by atoms with Gasteiger partial charge in [-0.25, -0.2) is 22.8 Å². The lowest BCUT2D eigenvalue weighted by Crippen LogP contribution is -2.13. The fraction of sp³-hybridized carbons (Fsp3) is 0.0526. The minimum Gasteiger partial charge on any atom is -0.291 e. The summed E-state index contributed by atoms with van der Waals surface area (Å²) in [7, 11) is -3.83. The van der Waals surface area contributed by atoms with E-state index in [-0.39, 0.29) is 4.90 Å². The zero-order valence-corrected chi connectivity index (χ0v) is 15.1. The third-order valence-corrected chi connectivity index (χ3v) is 5.52. The first-order chi connectivity index (χ1) is 12.9. The number of sulfonamides is 1. The largest absolute Gasteiger partial charge is 0.291 e. The van der Waals surface area contributed by atoms with Crippen LogP contribution in [0.1, 0.15) is 5.56 Å². The first-order valence-electron chi connectivity index (χ1n) is 8.11. The molecule has 0 aliphatic heterocycles. The molecular formula is C19H15FN4O2S. The lowest BCUT2D eigenvalue weighted by atomic mass is 10.1. The van der Waals surface area contributed by atoms with E-state index in [9.17, 15) is 12.8 Å². The number of rotatable bonds is 4. The summed E-state index contributed by atoms with van der Waals surface area (Å²) in [6, 6.07) is 11.9. The summed E-state index contributed by atoms with van der Waals surface area (Å²) in [6.45, 7) is 1.80. The summed E-state index contributed by atoms with van der Waals surface area (Å²) in [5.74, 6) is 0.0640. The number of nitrogens with one attached hydrogen (secondary N) is 1. The van der Waals surface area contributed by atoms with Crippen molar-refractivity contribution in [2.45, 2.75) is 11.8 Å². The van der Waals surface area contributed by atoms with E-state index in [1.165, 1.54) is 12.1 Å². The van der Waals surface area contributed by atoms with Crippen LogP contribution in [0.2, 0.25) is 0 Å². The molecule has 0 spiro atoms. The SMILES string of the molecule is Cc1ccc(-c2cn3cccnc3n2)cc1NS(=O)(=O)c1ccc(F)cc1. The van der Waals surface area contributed by atoms with Crippen LogP contribution < -0.4 is 4.72 Å². The maximum Gasteiger partial charge on any atom is 0.261 e. The molecule has 136 valence electrons. The predicted octanol–water partition coefficient (Wildman–Crippen LogP) is 3.64. The smallest absolute Gasteiger partial charge is 0.261 e. The van der Waals surface area contributed by atoms with Crippen molar-refractivity contribution >= 4 is 21.5 Å². The van der Waals surface area contributed by atoms with E-state index in [2.05, 4.69) is 14.7 Å². The molecule has 27 heavy (non-hydrogen) atoms. The van der Waals surface area contributed by atoms with Crippen molar-refractivity contribution in [3.8, 4) is 11.3 Å². The third kappa shape index (κ3) is 3.39. The van der Waals surface area contributed by atoms with Crippen molar-refractivity contribution < 1.29 is 12.8 Å². The Balaban J connectivity index is 1.71. The topological polar surface area (TPSA) is 76.4 Å². The highest BCUT2D eigenvalue weighted by Crippen LogP contribution is 2.27. The molecule has 6 nitrogen and oxygen atoms in total. The zero-order valence-electron chi connectivity index (χ0n) is 14.3. The van der Waals surface area contributed by atoms with Gasteiger partial charge in [-0.15, -0.1) is 0 Å². The molecule has 0 fully saturated rings. The molecule has 8 heteroatoms. The monoisotopic (exact) mass is 382 g/mol. The van der Waals surface area contributed by atoms with Gasteiger partial charge in [-0.1, -0.05) is 12.1 Å². The van der Waals surface area contributed by atoms with Crippen LogP contribution in [0.4, 0.5) is 10.1 Å². The van der Waals surface area contributed by atoms with Gasteiger partial charge in [0.15, 0.2) is 0 Å². The van der Waals surface area contributed by atoms with Gasteiger partial charge in [0.2, 0.25) is 5.78 Å². The minimum atomic E-state index is -3.83. The van der Waals surface area contributed by atoms with Crippen LogP contribution in [0.25, 0.3) is 17.0 Å². The average Bonchev–Trinajstić information content (AvgIpc) is 3.08. The number of imidazole rings is 1. The Morgan fingerprint density at radius 1 is 1.11 bits per heavy atom. The van der Waals surface area contributed by atoms with Crippen LogP contribution in [-0.4, -0.2) is 22.8 Å². The van der Waals surface area contributed by atoms with Gasteiger partial charge >= 0.3 is 0 Å². The summed E-state index contributed by atoms with van der Waals surface area (Å²) >= 11 is 0. The van der Waals surface area contributed by atoms with Gasteiger partial charge in [-0.3, -0.25) is 9.12 Å². The molecule has 0 aliphatic carbocycles. The highest BCUT2D eigenvalue weighted by atomic mass is 32.2. The number of hydrogen-bond donors (Lipinski definition) is 1. The van der Waals surface area contributed by atoms with Crippen molar-refractivity contribution in [1.29, 1.82) is 0 Å². The van der Waals surface area contributed by atoms with E-state index in [1.807, 2.05) is 24.5 Å². The quantitative estimate of drug-likeness (QED) is 0.585. The number of hydrogen-bond acceptors (Lipinski definition) is 4. The number of fused-ring (bicyclic) bond motifs is 1. The molecule has 0 unspecified atom stereocenters. The summed E-state index contributed by atoms with van der Waals surface area (Å²) < 4.78 is 42.6. The molecular weight excluding hydrogens is 367 g/mol. The van der Waals surface area contributed by atoms with E-state index in [0.29, 0.717) is 17.2 Å². The molecule has 2 aromatic carbocycles. The van der Waals surface area contributed by atoms with Gasteiger partial charge in [0.05, 0.1) is 16.3 Å². The average molecular weight is 382 g/mol.